The van der Waals surface area contributed by atoms with Crippen molar-refractivity contribution in [3.8, 4) is 6.07 Å². The molecule has 2 rings (SSSR count). The molecule has 0 radical (unpaired) electrons. The van der Waals surface area contributed by atoms with Gasteiger partial charge in [-0.25, -0.2) is 0 Å². The second-order valence-corrected chi connectivity index (χ2v) is 5.64. The van der Waals surface area contributed by atoms with Crippen molar-refractivity contribution in [3.05, 3.63) is 28.2 Å². The van der Waals surface area contributed by atoms with Crippen LogP contribution < -0.4 is 4.90 Å². The SMILES string of the molecule is Cc1ccc(N2CCN(C)C(CC#N)C2=O)cc1Br. The van der Waals surface area contributed by atoms with E-state index in [1.54, 1.807) is 4.90 Å². The van der Waals surface area contributed by atoms with Crippen molar-refractivity contribution in [1.29, 1.82) is 5.26 Å². The van der Waals surface area contributed by atoms with Gasteiger partial charge in [0.15, 0.2) is 0 Å². The highest BCUT2D eigenvalue weighted by atomic mass is 79.9. The molecule has 1 heterocycles. The van der Waals surface area contributed by atoms with E-state index >= 15 is 0 Å². The minimum absolute atomic E-state index is 0.00560. The maximum atomic E-state index is 12.4. The highest BCUT2D eigenvalue weighted by Gasteiger charge is 2.33. The Morgan fingerprint density at radius 2 is 2.21 bits per heavy atom. The molecule has 1 aliphatic heterocycles. The average molecular weight is 322 g/mol. The third kappa shape index (κ3) is 2.80. The molecule has 1 aromatic carbocycles. The lowest BCUT2D eigenvalue weighted by Gasteiger charge is -2.37. The number of hydrogen-bond donors (Lipinski definition) is 0. The topological polar surface area (TPSA) is 47.3 Å². The number of likely N-dealkylation sites (N-methyl/N-ethyl adjacent to an activating group) is 1. The normalized spacial score (nSPS) is 20.4. The van der Waals surface area contributed by atoms with Crippen molar-refractivity contribution in [3.63, 3.8) is 0 Å². The van der Waals surface area contributed by atoms with Gasteiger partial charge >= 0.3 is 0 Å². The number of nitriles is 1. The quantitative estimate of drug-likeness (QED) is 0.839. The monoisotopic (exact) mass is 321 g/mol. The largest absolute Gasteiger partial charge is 0.310 e. The van der Waals surface area contributed by atoms with Gasteiger partial charge in [0.25, 0.3) is 0 Å². The molecule has 0 bridgehead atoms. The Balaban J connectivity index is 2.27. The summed E-state index contributed by atoms with van der Waals surface area (Å²) in [6, 6.07) is 7.66. The number of hydrogen-bond acceptors (Lipinski definition) is 3. The number of aryl methyl sites for hydroxylation is 1. The van der Waals surface area contributed by atoms with Crippen LogP contribution in [0, 0.1) is 18.3 Å². The van der Waals surface area contributed by atoms with Crippen molar-refractivity contribution in [2.24, 2.45) is 0 Å². The summed E-state index contributed by atoms with van der Waals surface area (Å²) in [7, 11) is 1.89. The Hall–Kier alpha value is -1.38. The molecule has 1 unspecified atom stereocenters. The summed E-state index contributed by atoms with van der Waals surface area (Å²) < 4.78 is 0.994. The van der Waals surface area contributed by atoms with E-state index in [1.807, 2.05) is 37.1 Å². The van der Waals surface area contributed by atoms with Gasteiger partial charge in [-0.15, -0.1) is 0 Å². The van der Waals surface area contributed by atoms with Gasteiger partial charge in [-0.3, -0.25) is 9.69 Å². The van der Waals surface area contributed by atoms with Gasteiger partial charge in [0.05, 0.1) is 12.5 Å². The number of piperazine rings is 1. The standard InChI is InChI=1S/C14H16BrN3O/c1-10-3-4-11(9-12(10)15)18-8-7-17(2)13(5-6-16)14(18)19/h3-4,9,13H,5,7-8H2,1-2H3. The number of anilines is 1. The van der Waals surface area contributed by atoms with Crippen LogP contribution in [0.4, 0.5) is 5.69 Å². The van der Waals surface area contributed by atoms with E-state index in [1.165, 1.54) is 0 Å². The molecule has 0 saturated carbocycles. The molecule has 0 aromatic heterocycles. The molecule has 0 spiro atoms. The van der Waals surface area contributed by atoms with Crippen molar-refractivity contribution >= 4 is 27.5 Å². The van der Waals surface area contributed by atoms with Crippen molar-refractivity contribution < 1.29 is 4.79 Å². The number of nitrogens with zero attached hydrogens (tertiary/aromatic N) is 3. The highest BCUT2D eigenvalue weighted by molar-refractivity contribution is 9.10. The zero-order valence-electron chi connectivity index (χ0n) is 11.1. The molecule has 0 N–H and O–H groups in total. The van der Waals surface area contributed by atoms with Gasteiger partial charge < -0.3 is 4.90 Å². The molecule has 1 aliphatic rings. The van der Waals surface area contributed by atoms with E-state index in [4.69, 9.17) is 5.26 Å². The Bertz CT molecular complexity index is 538. The second-order valence-electron chi connectivity index (χ2n) is 4.78. The third-order valence-electron chi connectivity index (χ3n) is 3.51. The lowest BCUT2D eigenvalue weighted by molar-refractivity contribution is -0.125. The molecular formula is C14H16BrN3O. The molecule has 19 heavy (non-hydrogen) atoms. The number of carbonyl (C=O) groups excluding carboxylic acids is 1. The van der Waals surface area contributed by atoms with Crippen molar-refractivity contribution in [1.82, 2.24) is 4.90 Å². The van der Waals surface area contributed by atoms with Crippen LogP contribution in [0.5, 0.6) is 0 Å². The Morgan fingerprint density at radius 3 is 2.84 bits per heavy atom. The summed E-state index contributed by atoms with van der Waals surface area (Å²) in [4.78, 5) is 16.2. The summed E-state index contributed by atoms with van der Waals surface area (Å²) in [5.74, 6) is 0.00560. The number of amides is 1. The maximum absolute atomic E-state index is 12.4. The molecule has 1 saturated heterocycles. The molecule has 4 nitrogen and oxygen atoms in total. The van der Waals surface area contributed by atoms with E-state index in [0.29, 0.717) is 6.54 Å². The van der Waals surface area contributed by atoms with Crippen LogP contribution in [0.1, 0.15) is 12.0 Å². The minimum atomic E-state index is -0.334. The zero-order valence-corrected chi connectivity index (χ0v) is 12.6. The van der Waals surface area contributed by atoms with Crippen LogP contribution in [-0.2, 0) is 4.79 Å². The molecule has 0 aliphatic carbocycles. The first kappa shape index (κ1) is 14.0. The highest BCUT2D eigenvalue weighted by Crippen LogP contribution is 2.26. The van der Waals surface area contributed by atoms with E-state index < -0.39 is 0 Å². The fourth-order valence-electron chi connectivity index (χ4n) is 2.23. The molecule has 5 heteroatoms. The molecular weight excluding hydrogens is 306 g/mol. The van der Waals surface area contributed by atoms with Crippen LogP contribution in [-0.4, -0.2) is 37.0 Å². The van der Waals surface area contributed by atoms with Gasteiger partial charge in [0, 0.05) is 23.2 Å². The van der Waals surface area contributed by atoms with Gasteiger partial charge in [0.2, 0.25) is 5.91 Å². The average Bonchev–Trinajstić information content (AvgIpc) is 2.38. The first-order valence-corrected chi connectivity index (χ1v) is 6.98. The molecule has 1 fully saturated rings. The lowest BCUT2D eigenvalue weighted by Crippen LogP contribution is -2.55. The summed E-state index contributed by atoms with van der Waals surface area (Å²) >= 11 is 3.49. The Kier molecular flexibility index (Phi) is 4.23. The van der Waals surface area contributed by atoms with Crippen LogP contribution >= 0.6 is 15.9 Å². The van der Waals surface area contributed by atoms with Gasteiger partial charge in [0.1, 0.15) is 6.04 Å². The predicted octanol–water partition coefficient (Wildman–Crippen LogP) is 2.32. The zero-order chi connectivity index (χ0) is 14.0. The summed E-state index contributed by atoms with van der Waals surface area (Å²) in [5.41, 5.74) is 2.03. The van der Waals surface area contributed by atoms with E-state index in [0.717, 1.165) is 22.3 Å². The van der Waals surface area contributed by atoms with Crippen LogP contribution in [0.15, 0.2) is 22.7 Å². The van der Waals surface area contributed by atoms with E-state index in [9.17, 15) is 4.79 Å². The van der Waals surface area contributed by atoms with Crippen LogP contribution in [0.2, 0.25) is 0 Å². The maximum Gasteiger partial charge on any atom is 0.245 e. The second kappa shape index (κ2) is 5.72. The van der Waals surface area contributed by atoms with Gasteiger partial charge in [-0.05, 0) is 31.7 Å². The van der Waals surface area contributed by atoms with Crippen LogP contribution in [0.25, 0.3) is 0 Å². The summed E-state index contributed by atoms with van der Waals surface area (Å²) in [5, 5.41) is 8.84. The van der Waals surface area contributed by atoms with Crippen molar-refractivity contribution in [2.75, 3.05) is 25.0 Å². The first-order chi connectivity index (χ1) is 9.04. The van der Waals surface area contributed by atoms with Crippen molar-refractivity contribution in [2.45, 2.75) is 19.4 Å². The number of benzene rings is 1. The van der Waals surface area contributed by atoms with E-state index in [2.05, 4.69) is 22.0 Å². The molecule has 1 atom stereocenters. The number of halogens is 1. The number of carbonyl (C=O) groups is 1. The lowest BCUT2D eigenvalue weighted by atomic mass is 10.1. The Morgan fingerprint density at radius 1 is 1.47 bits per heavy atom. The molecule has 1 aromatic rings. The predicted molar refractivity (Wildman–Crippen MR) is 77.9 cm³/mol. The summed E-state index contributed by atoms with van der Waals surface area (Å²) in [6.45, 7) is 3.45. The molecule has 100 valence electrons. The smallest absolute Gasteiger partial charge is 0.245 e. The first-order valence-electron chi connectivity index (χ1n) is 6.19. The van der Waals surface area contributed by atoms with Crippen LogP contribution in [0.3, 0.4) is 0 Å². The van der Waals surface area contributed by atoms with Gasteiger partial charge in [-0.2, -0.15) is 5.26 Å². The molecule has 1 amide bonds. The fourth-order valence-corrected chi connectivity index (χ4v) is 2.59. The minimum Gasteiger partial charge on any atom is -0.310 e. The fraction of sp³-hybridized carbons (Fsp3) is 0.429. The van der Waals surface area contributed by atoms with E-state index in [-0.39, 0.29) is 18.4 Å². The summed E-state index contributed by atoms with van der Waals surface area (Å²) in [6.07, 6.45) is 0.235. The third-order valence-corrected chi connectivity index (χ3v) is 4.37. The number of rotatable bonds is 2. The van der Waals surface area contributed by atoms with Gasteiger partial charge in [-0.1, -0.05) is 22.0 Å². The Labute approximate surface area is 121 Å².